The molecule has 2 N–H and O–H groups in total. The second kappa shape index (κ2) is 3.65. The average Bonchev–Trinajstić information content (AvgIpc) is 2.55. The van der Waals surface area contributed by atoms with Gasteiger partial charge in [0, 0.05) is 19.3 Å². The maximum Gasteiger partial charge on any atom is 0.353 e. The van der Waals surface area contributed by atoms with E-state index >= 15 is 0 Å². The molecule has 0 aliphatic rings. The largest absolute Gasteiger partial charge is 0.480 e. The lowest BCUT2D eigenvalue weighted by Gasteiger charge is -1.98. The number of carboxylic acid groups (broad SMARTS) is 1. The Morgan fingerprint density at radius 2 is 2.38 bits per heavy atom. The maximum absolute atomic E-state index is 11.8. The topological polar surface area (TPSA) is 102 Å². The molecule has 0 bridgehead atoms. The van der Waals surface area contributed by atoms with Crippen LogP contribution in [0.4, 0.5) is 5.95 Å². The van der Waals surface area contributed by atoms with Gasteiger partial charge in [-0.05, 0) is 0 Å². The molecule has 0 saturated heterocycles. The quantitative estimate of drug-likeness (QED) is 0.693. The molecule has 0 aliphatic carbocycles. The minimum absolute atomic E-state index is 0.319. The molecule has 0 spiro atoms. The molecule has 0 atom stereocenters. The number of hydrogen-bond donors (Lipinski definition) is 2. The van der Waals surface area contributed by atoms with Crippen molar-refractivity contribution in [2.24, 2.45) is 0 Å². The lowest BCUT2D eigenvalue weighted by molar-refractivity contribution is -0.137. The molecule has 0 saturated carbocycles. The van der Waals surface area contributed by atoms with E-state index in [4.69, 9.17) is 5.11 Å². The van der Waals surface area contributed by atoms with Gasteiger partial charge in [-0.1, -0.05) is 0 Å². The molecule has 0 unspecified atom stereocenters. The molecule has 0 aliphatic heterocycles. The summed E-state index contributed by atoms with van der Waals surface area (Å²) in [5.41, 5.74) is -0.180. The van der Waals surface area contributed by atoms with Crippen molar-refractivity contribution in [3.05, 3.63) is 22.7 Å². The summed E-state index contributed by atoms with van der Waals surface area (Å²) in [4.78, 5) is 26.2. The summed E-state index contributed by atoms with van der Waals surface area (Å²) in [6.45, 7) is -0.469. The molecular weight excluding hydrogens is 214 g/mol. The summed E-state index contributed by atoms with van der Waals surface area (Å²) in [5, 5.41) is 15.2. The summed E-state index contributed by atoms with van der Waals surface area (Å²) in [6.07, 6.45) is 1.48. The highest BCUT2D eigenvalue weighted by molar-refractivity contribution is 5.66. The van der Waals surface area contributed by atoms with Crippen molar-refractivity contribution in [2.45, 2.75) is 6.54 Å². The van der Waals surface area contributed by atoms with Crippen LogP contribution in [0.2, 0.25) is 0 Å². The number of rotatable bonds is 3. The van der Waals surface area contributed by atoms with Crippen LogP contribution in [0.25, 0.3) is 5.65 Å². The number of nitrogens with zero attached hydrogens (tertiary/aromatic N) is 4. The molecule has 0 amide bonds. The molecule has 2 aromatic heterocycles. The standard InChI is InChI=1S/C8H9N5O3/c1-9-7-10-3-2-5-11-12(4-6(14)15)8(16)13(5)7/h2-3H,4H2,1H3,(H,9,10)(H,14,15). The Morgan fingerprint density at radius 1 is 1.62 bits per heavy atom. The molecule has 2 rings (SSSR count). The van der Waals surface area contributed by atoms with E-state index in [1.54, 1.807) is 7.05 Å². The number of anilines is 1. The van der Waals surface area contributed by atoms with Crippen LogP contribution in [0.1, 0.15) is 0 Å². The summed E-state index contributed by atoms with van der Waals surface area (Å²) in [6, 6.07) is 1.53. The highest BCUT2D eigenvalue weighted by Gasteiger charge is 2.12. The minimum Gasteiger partial charge on any atom is -0.480 e. The van der Waals surface area contributed by atoms with Crippen LogP contribution >= 0.6 is 0 Å². The first-order valence-electron chi connectivity index (χ1n) is 4.47. The van der Waals surface area contributed by atoms with Crippen LogP contribution in [-0.4, -0.2) is 37.3 Å². The minimum atomic E-state index is -1.12. The van der Waals surface area contributed by atoms with E-state index in [-0.39, 0.29) is 0 Å². The first-order valence-corrected chi connectivity index (χ1v) is 4.47. The van der Waals surface area contributed by atoms with Gasteiger partial charge in [0.25, 0.3) is 0 Å². The van der Waals surface area contributed by atoms with E-state index < -0.39 is 18.2 Å². The summed E-state index contributed by atoms with van der Waals surface area (Å²) >= 11 is 0. The lowest BCUT2D eigenvalue weighted by atomic mass is 10.6. The van der Waals surface area contributed by atoms with E-state index in [1.165, 1.54) is 16.7 Å². The normalized spacial score (nSPS) is 10.6. The zero-order valence-corrected chi connectivity index (χ0v) is 8.41. The average molecular weight is 223 g/mol. The zero-order valence-electron chi connectivity index (χ0n) is 8.41. The Morgan fingerprint density at radius 3 is 3.00 bits per heavy atom. The molecule has 2 aromatic rings. The number of carboxylic acids is 1. The molecule has 0 radical (unpaired) electrons. The molecule has 8 heteroatoms. The van der Waals surface area contributed by atoms with Gasteiger partial charge < -0.3 is 10.4 Å². The van der Waals surface area contributed by atoms with Gasteiger partial charge in [-0.3, -0.25) is 4.79 Å². The summed E-state index contributed by atoms with van der Waals surface area (Å²) in [7, 11) is 1.61. The molecule has 8 nitrogen and oxygen atoms in total. The highest BCUT2D eigenvalue weighted by atomic mass is 16.4. The van der Waals surface area contributed by atoms with Gasteiger partial charge in [-0.2, -0.15) is 0 Å². The van der Waals surface area contributed by atoms with Crippen molar-refractivity contribution in [3.8, 4) is 0 Å². The van der Waals surface area contributed by atoms with Gasteiger partial charge in [0.15, 0.2) is 5.65 Å². The van der Waals surface area contributed by atoms with E-state index in [0.29, 0.717) is 11.6 Å². The van der Waals surface area contributed by atoms with Crippen molar-refractivity contribution in [3.63, 3.8) is 0 Å². The van der Waals surface area contributed by atoms with Crippen molar-refractivity contribution < 1.29 is 9.90 Å². The Kier molecular flexibility index (Phi) is 2.31. The van der Waals surface area contributed by atoms with Crippen molar-refractivity contribution >= 4 is 17.6 Å². The van der Waals surface area contributed by atoms with Crippen molar-refractivity contribution in [1.82, 2.24) is 19.2 Å². The van der Waals surface area contributed by atoms with E-state index in [0.717, 1.165) is 4.68 Å². The smallest absolute Gasteiger partial charge is 0.353 e. The van der Waals surface area contributed by atoms with E-state index in [1.807, 2.05) is 0 Å². The number of aliphatic carboxylic acids is 1. The zero-order chi connectivity index (χ0) is 11.7. The first kappa shape index (κ1) is 10.1. The van der Waals surface area contributed by atoms with Gasteiger partial charge in [0.1, 0.15) is 6.54 Å². The van der Waals surface area contributed by atoms with Crippen LogP contribution in [-0.2, 0) is 11.3 Å². The Balaban J connectivity index is 2.68. The summed E-state index contributed by atoms with van der Waals surface area (Å²) in [5.74, 6) is -0.802. The fourth-order valence-corrected chi connectivity index (χ4v) is 1.37. The SMILES string of the molecule is CNc1nccc2nn(CC(=O)O)c(=O)n12. The molecule has 0 fully saturated rings. The number of nitrogens with one attached hydrogen (secondary N) is 1. The molecule has 84 valence electrons. The third-order valence-electron chi connectivity index (χ3n) is 2.01. The Hall–Kier alpha value is -2.38. The number of hydrogen-bond acceptors (Lipinski definition) is 5. The number of carbonyl (C=O) groups is 1. The maximum atomic E-state index is 11.8. The third-order valence-corrected chi connectivity index (χ3v) is 2.01. The Labute approximate surface area is 89.1 Å². The van der Waals surface area contributed by atoms with Gasteiger partial charge in [0.05, 0.1) is 0 Å². The van der Waals surface area contributed by atoms with Crippen LogP contribution < -0.4 is 11.0 Å². The Bertz CT molecular complexity index is 599. The summed E-state index contributed by atoms with van der Waals surface area (Å²) < 4.78 is 2.09. The van der Waals surface area contributed by atoms with Crippen molar-refractivity contribution in [1.29, 1.82) is 0 Å². The third kappa shape index (κ3) is 1.49. The highest BCUT2D eigenvalue weighted by Crippen LogP contribution is 2.02. The fourth-order valence-electron chi connectivity index (χ4n) is 1.37. The fraction of sp³-hybridized carbons (Fsp3) is 0.250. The molecular formula is C8H9N5O3. The van der Waals surface area contributed by atoms with Crippen LogP contribution in [0.3, 0.4) is 0 Å². The predicted molar refractivity (Wildman–Crippen MR) is 54.4 cm³/mol. The monoisotopic (exact) mass is 223 g/mol. The molecule has 2 heterocycles. The van der Waals surface area contributed by atoms with Crippen molar-refractivity contribution in [2.75, 3.05) is 12.4 Å². The van der Waals surface area contributed by atoms with Gasteiger partial charge in [-0.15, -0.1) is 5.10 Å². The van der Waals surface area contributed by atoms with Gasteiger partial charge in [-0.25, -0.2) is 18.9 Å². The first-order chi connectivity index (χ1) is 7.63. The van der Waals surface area contributed by atoms with Crippen LogP contribution in [0.5, 0.6) is 0 Å². The van der Waals surface area contributed by atoms with Gasteiger partial charge in [0.2, 0.25) is 5.95 Å². The predicted octanol–water partition coefficient (Wildman–Crippen LogP) is -0.983. The molecule has 16 heavy (non-hydrogen) atoms. The van der Waals surface area contributed by atoms with Crippen LogP contribution in [0, 0.1) is 0 Å². The van der Waals surface area contributed by atoms with Crippen LogP contribution in [0.15, 0.2) is 17.1 Å². The molecule has 0 aromatic carbocycles. The number of aromatic nitrogens is 4. The second-order valence-electron chi connectivity index (χ2n) is 3.05. The van der Waals surface area contributed by atoms with Gasteiger partial charge >= 0.3 is 11.7 Å². The second-order valence-corrected chi connectivity index (χ2v) is 3.05. The number of fused-ring (bicyclic) bond motifs is 1. The van der Waals surface area contributed by atoms with E-state index in [2.05, 4.69) is 15.4 Å². The lowest BCUT2D eigenvalue weighted by Crippen LogP contribution is -2.25. The van der Waals surface area contributed by atoms with E-state index in [9.17, 15) is 9.59 Å².